The van der Waals surface area contributed by atoms with Crippen molar-refractivity contribution in [2.75, 3.05) is 17.7 Å². The minimum atomic E-state index is -0.342. The third-order valence-electron chi connectivity index (χ3n) is 4.39. The number of aromatic nitrogens is 4. The summed E-state index contributed by atoms with van der Waals surface area (Å²) in [4.78, 5) is 28.0. The largest absolute Gasteiger partial charge is 0.485 e. The predicted molar refractivity (Wildman–Crippen MR) is 123 cm³/mol. The minimum Gasteiger partial charge on any atom is -0.485 e. The van der Waals surface area contributed by atoms with E-state index in [-0.39, 0.29) is 30.7 Å². The highest BCUT2D eigenvalue weighted by atomic mass is 32.2. The van der Waals surface area contributed by atoms with Crippen LogP contribution >= 0.6 is 23.1 Å². The summed E-state index contributed by atoms with van der Waals surface area (Å²) in [6.07, 6.45) is 0.0841. The van der Waals surface area contributed by atoms with E-state index in [0.29, 0.717) is 28.4 Å². The van der Waals surface area contributed by atoms with Crippen molar-refractivity contribution < 1.29 is 19.1 Å². The first-order valence-corrected chi connectivity index (χ1v) is 11.8. The lowest BCUT2D eigenvalue weighted by atomic mass is 10.1. The maximum Gasteiger partial charge on any atom is 0.311 e. The number of thioether (sulfide) groups is 1. The molecule has 1 N–H and O–H groups in total. The van der Waals surface area contributed by atoms with Gasteiger partial charge in [-0.05, 0) is 38.0 Å². The normalized spacial score (nSPS) is 10.8. The molecular weight excluding hydrogens is 450 g/mol. The highest BCUT2D eigenvalue weighted by Crippen LogP contribution is 2.22. The van der Waals surface area contributed by atoms with Crippen LogP contribution in [0.25, 0.3) is 0 Å². The summed E-state index contributed by atoms with van der Waals surface area (Å²) in [6.45, 7) is 6.36. The van der Waals surface area contributed by atoms with Gasteiger partial charge in [-0.2, -0.15) is 0 Å². The number of amides is 1. The molecule has 3 aromatic rings. The van der Waals surface area contributed by atoms with Crippen molar-refractivity contribution in [1.29, 1.82) is 0 Å². The van der Waals surface area contributed by atoms with Gasteiger partial charge in [0.2, 0.25) is 5.91 Å². The first-order chi connectivity index (χ1) is 15.4. The fraction of sp³-hybridized carbons (Fsp3) is 0.381. The lowest BCUT2D eigenvalue weighted by Crippen LogP contribution is -2.15. The second kappa shape index (κ2) is 11.1. The molecule has 170 valence electrons. The average molecular weight is 476 g/mol. The van der Waals surface area contributed by atoms with E-state index in [9.17, 15) is 9.59 Å². The first-order valence-electron chi connectivity index (χ1n) is 9.96. The lowest BCUT2D eigenvalue weighted by Gasteiger charge is -2.09. The van der Waals surface area contributed by atoms with Crippen LogP contribution < -0.4 is 10.1 Å². The van der Waals surface area contributed by atoms with Crippen molar-refractivity contribution in [1.82, 2.24) is 19.7 Å². The fourth-order valence-corrected chi connectivity index (χ4v) is 4.15. The predicted octanol–water partition coefficient (Wildman–Crippen LogP) is 3.30. The Balaban J connectivity index is 1.49. The molecule has 9 nitrogen and oxygen atoms in total. The van der Waals surface area contributed by atoms with E-state index >= 15 is 0 Å². The van der Waals surface area contributed by atoms with Crippen LogP contribution in [0.15, 0.2) is 28.7 Å². The smallest absolute Gasteiger partial charge is 0.311 e. The van der Waals surface area contributed by atoms with Gasteiger partial charge < -0.3 is 19.4 Å². The maximum absolute atomic E-state index is 12.3. The molecule has 1 amide bonds. The van der Waals surface area contributed by atoms with Gasteiger partial charge in [-0.3, -0.25) is 9.59 Å². The van der Waals surface area contributed by atoms with E-state index in [1.165, 1.54) is 23.1 Å². The Labute approximate surface area is 194 Å². The van der Waals surface area contributed by atoms with Gasteiger partial charge in [0.25, 0.3) is 0 Å². The Hall–Kier alpha value is -2.92. The number of rotatable bonds is 10. The Morgan fingerprint density at radius 1 is 1.25 bits per heavy atom. The number of nitrogens with one attached hydrogen (secondary N) is 1. The molecule has 11 heteroatoms. The molecule has 1 aromatic carbocycles. The molecule has 3 rings (SSSR count). The zero-order valence-corrected chi connectivity index (χ0v) is 20.0. The van der Waals surface area contributed by atoms with Crippen molar-refractivity contribution >= 4 is 40.1 Å². The monoisotopic (exact) mass is 475 g/mol. The summed E-state index contributed by atoms with van der Waals surface area (Å²) in [5.41, 5.74) is 2.74. The van der Waals surface area contributed by atoms with Gasteiger partial charge in [0.15, 0.2) is 16.1 Å². The molecule has 0 aliphatic carbocycles. The number of hydrogen-bond acceptors (Lipinski definition) is 9. The molecule has 0 aliphatic heterocycles. The third-order valence-corrected chi connectivity index (χ3v) is 6.21. The van der Waals surface area contributed by atoms with E-state index in [4.69, 9.17) is 9.47 Å². The number of ether oxygens (including phenoxy) is 2. The Bertz CT molecular complexity index is 1100. The number of anilines is 1. The van der Waals surface area contributed by atoms with E-state index in [2.05, 4.69) is 20.5 Å². The number of carbonyl (C=O) groups is 2. The fourth-order valence-electron chi connectivity index (χ4n) is 2.69. The van der Waals surface area contributed by atoms with Crippen LogP contribution in [-0.4, -0.2) is 44.0 Å². The number of hydrogen-bond donors (Lipinski definition) is 1. The Kier molecular flexibility index (Phi) is 8.23. The number of nitrogens with zero attached hydrogens (tertiary/aromatic N) is 4. The molecule has 2 aromatic heterocycles. The highest BCUT2D eigenvalue weighted by Gasteiger charge is 2.14. The van der Waals surface area contributed by atoms with Gasteiger partial charge in [0.05, 0.1) is 24.5 Å². The van der Waals surface area contributed by atoms with E-state index in [1.807, 2.05) is 43.7 Å². The number of thiazole rings is 1. The van der Waals surface area contributed by atoms with Crippen molar-refractivity contribution in [2.45, 2.75) is 39.0 Å². The van der Waals surface area contributed by atoms with Gasteiger partial charge in [-0.1, -0.05) is 23.9 Å². The lowest BCUT2D eigenvalue weighted by molar-refractivity contribution is -0.142. The molecule has 0 bridgehead atoms. The van der Waals surface area contributed by atoms with Crippen LogP contribution in [0.4, 0.5) is 5.13 Å². The summed E-state index contributed by atoms with van der Waals surface area (Å²) >= 11 is 2.53. The third kappa shape index (κ3) is 6.54. The SMILES string of the molecule is CCOC(=O)Cc1csc(NC(=O)CSc2nnc(COc3cc(C)ccc3C)n2C)n1. The van der Waals surface area contributed by atoms with Crippen LogP contribution in [0.3, 0.4) is 0 Å². The van der Waals surface area contributed by atoms with E-state index in [1.54, 1.807) is 12.3 Å². The number of esters is 1. The first kappa shape index (κ1) is 23.7. The molecule has 0 unspecified atom stereocenters. The minimum absolute atomic E-state index is 0.0841. The Morgan fingerprint density at radius 2 is 2.06 bits per heavy atom. The molecule has 0 radical (unpaired) electrons. The molecule has 0 atom stereocenters. The van der Waals surface area contributed by atoms with Crippen molar-refractivity contribution in [2.24, 2.45) is 7.05 Å². The van der Waals surface area contributed by atoms with Crippen molar-refractivity contribution in [3.8, 4) is 5.75 Å². The molecule has 0 saturated heterocycles. The summed E-state index contributed by atoms with van der Waals surface area (Å²) in [5, 5.41) is 13.8. The van der Waals surface area contributed by atoms with Crippen LogP contribution in [-0.2, 0) is 34.4 Å². The number of benzene rings is 1. The van der Waals surface area contributed by atoms with Crippen molar-refractivity contribution in [3.05, 3.63) is 46.2 Å². The topological polar surface area (TPSA) is 108 Å². The van der Waals surface area contributed by atoms with Crippen LogP contribution in [0.1, 0.15) is 29.6 Å². The average Bonchev–Trinajstić information content (AvgIpc) is 3.33. The van der Waals surface area contributed by atoms with Gasteiger partial charge in [-0.25, -0.2) is 4.98 Å². The quantitative estimate of drug-likeness (QED) is 0.351. The summed E-state index contributed by atoms with van der Waals surface area (Å²) in [6, 6.07) is 6.04. The van der Waals surface area contributed by atoms with Gasteiger partial charge in [-0.15, -0.1) is 21.5 Å². The second-order valence-corrected chi connectivity index (χ2v) is 8.78. The Morgan fingerprint density at radius 3 is 2.84 bits per heavy atom. The van der Waals surface area contributed by atoms with Gasteiger partial charge >= 0.3 is 5.97 Å². The highest BCUT2D eigenvalue weighted by molar-refractivity contribution is 7.99. The van der Waals surface area contributed by atoms with Gasteiger partial charge in [0.1, 0.15) is 12.4 Å². The van der Waals surface area contributed by atoms with Crippen LogP contribution in [0, 0.1) is 13.8 Å². The molecule has 0 fully saturated rings. The zero-order valence-electron chi connectivity index (χ0n) is 18.4. The second-order valence-electron chi connectivity index (χ2n) is 6.98. The summed E-state index contributed by atoms with van der Waals surface area (Å²) < 4.78 is 12.6. The van der Waals surface area contributed by atoms with E-state index in [0.717, 1.165) is 16.9 Å². The molecule has 2 heterocycles. The van der Waals surface area contributed by atoms with Crippen molar-refractivity contribution in [3.63, 3.8) is 0 Å². The summed E-state index contributed by atoms with van der Waals surface area (Å²) in [7, 11) is 1.84. The molecular formula is C21H25N5O4S2. The molecule has 0 aliphatic rings. The molecule has 0 spiro atoms. The van der Waals surface area contributed by atoms with Crippen LogP contribution in [0.2, 0.25) is 0 Å². The molecule has 32 heavy (non-hydrogen) atoms. The standard InChI is InChI=1S/C21H25N5O4S2/c1-5-29-19(28)9-15-11-31-20(22-15)23-18(27)12-32-21-25-24-17(26(21)4)10-30-16-8-13(2)6-7-14(16)3/h6-8,11H,5,9-10,12H2,1-4H3,(H,22,23,27). The maximum atomic E-state index is 12.3. The molecule has 0 saturated carbocycles. The zero-order chi connectivity index (χ0) is 23.1. The number of aryl methyl sites for hydroxylation is 2. The number of carbonyl (C=O) groups excluding carboxylic acids is 2. The van der Waals surface area contributed by atoms with Crippen LogP contribution in [0.5, 0.6) is 5.75 Å². The van der Waals surface area contributed by atoms with E-state index < -0.39 is 0 Å². The van der Waals surface area contributed by atoms with Gasteiger partial charge in [0, 0.05) is 12.4 Å². The summed E-state index contributed by atoms with van der Waals surface area (Å²) in [5.74, 6) is 1.06.